The van der Waals surface area contributed by atoms with Crippen LogP contribution < -0.4 is 11.1 Å². The zero-order valence-electron chi connectivity index (χ0n) is 17.1. The summed E-state index contributed by atoms with van der Waals surface area (Å²) in [5.41, 5.74) is 6.16. The van der Waals surface area contributed by atoms with Crippen molar-refractivity contribution in [1.82, 2.24) is 14.7 Å². The van der Waals surface area contributed by atoms with Crippen LogP contribution in [0.2, 0.25) is 0 Å². The molecule has 4 rings (SSSR count). The average Bonchev–Trinajstić information content (AvgIpc) is 3.44. The van der Waals surface area contributed by atoms with E-state index in [1.54, 1.807) is 0 Å². The number of rotatable bonds is 5. The Morgan fingerprint density at radius 1 is 1.31 bits per heavy atom. The Morgan fingerprint density at radius 2 is 2.06 bits per heavy atom. The molecule has 0 bridgehead atoms. The van der Waals surface area contributed by atoms with Crippen LogP contribution >= 0.6 is 0 Å². The van der Waals surface area contributed by atoms with Gasteiger partial charge in [0.05, 0.1) is 30.7 Å². The van der Waals surface area contributed by atoms with Crippen LogP contribution in [0.15, 0.2) is 30.5 Å². The van der Waals surface area contributed by atoms with Gasteiger partial charge in [0.1, 0.15) is 11.4 Å². The highest BCUT2D eigenvalue weighted by atomic mass is 19.1. The van der Waals surface area contributed by atoms with Crippen LogP contribution in [0.1, 0.15) is 29.2 Å². The van der Waals surface area contributed by atoms with Crippen molar-refractivity contribution in [3.63, 3.8) is 0 Å². The van der Waals surface area contributed by atoms with Gasteiger partial charge in [0.25, 0.3) is 5.91 Å². The van der Waals surface area contributed by atoms with Gasteiger partial charge in [-0.15, -0.1) is 0 Å². The van der Waals surface area contributed by atoms with Crippen molar-refractivity contribution in [1.29, 1.82) is 5.26 Å². The standard InChI is InChI=1S/C21H23FN6O4/c22-13-1-3-14(4-2-13)25-20-16(19(24)29)10-28(26-20)17-5-7-27(21(30)31)18(15(17)9-23)12-6-8-32-11-12/h1-4,10,12,15,17-18H,5-8,11H2,(H2,24,29)(H,25,26)(H,30,31). The first-order chi connectivity index (χ1) is 15.4. The highest BCUT2D eigenvalue weighted by Crippen LogP contribution is 2.39. The van der Waals surface area contributed by atoms with Gasteiger partial charge in [-0.2, -0.15) is 10.4 Å². The van der Waals surface area contributed by atoms with Crippen LogP contribution in [0.4, 0.5) is 20.7 Å². The molecule has 2 fully saturated rings. The van der Waals surface area contributed by atoms with E-state index in [-0.39, 0.29) is 23.8 Å². The lowest BCUT2D eigenvalue weighted by atomic mass is 9.78. The number of nitrogens with one attached hydrogen (secondary N) is 1. The van der Waals surface area contributed by atoms with Crippen LogP contribution in [-0.4, -0.2) is 57.6 Å². The van der Waals surface area contributed by atoms with Crippen molar-refractivity contribution in [3.05, 3.63) is 41.8 Å². The first kappa shape index (κ1) is 21.6. The van der Waals surface area contributed by atoms with E-state index in [9.17, 15) is 24.3 Å². The Bertz CT molecular complexity index is 1040. The van der Waals surface area contributed by atoms with Crippen LogP contribution in [0.5, 0.6) is 0 Å². The van der Waals surface area contributed by atoms with Gasteiger partial charge >= 0.3 is 6.09 Å². The summed E-state index contributed by atoms with van der Waals surface area (Å²) in [7, 11) is 0. The fraction of sp³-hybridized carbons (Fsp3) is 0.429. The summed E-state index contributed by atoms with van der Waals surface area (Å²) in [6.45, 7) is 1.14. The van der Waals surface area contributed by atoms with Crippen molar-refractivity contribution in [2.24, 2.45) is 17.6 Å². The third-order valence-electron chi connectivity index (χ3n) is 6.09. The minimum atomic E-state index is -1.07. The lowest BCUT2D eigenvalue weighted by Gasteiger charge is -2.43. The predicted molar refractivity (Wildman–Crippen MR) is 111 cm³/mol. The average molecular weight is 442 g/mol. The summed E-state index contributed by atoms with van der Waals surface area (Å²) in [5, 5.41) is 27.1. The molecule has 0 spiro atoms. The second kappa shape index (κ2) is 8.84. The number of anilines is 2. The summed E-state index contributed by atoms with van der Waals surface area (Å²) in [5.74, 6) is -1.71. The number of hydrogen-bond acceptors (Lipinski definition) is 6. The van der Waals surface area contributed by atoms with E-state index < -0.39 is 35.8 Å². The number of amides is 2. The number of likely N-dealkylation sites (tertiary alicyclic amines) is 1. The molecule has 0 aliphatic carbocycles. The molecule has 32 heavy (non-hydrogen) atoms. The molecule has 2 aliphatic heterocycles. The number of nitrogens with two attached hydrogens (primary N) is 1. The summed E-state index contributed by atoms with van der Waals surface area (Å²) in [6.07, 6.45) is 1.42. The third-order valence-corrected chi connectivity index (χ3v) is 6.09. The van der Waals surface area contributed by atoms with Gasteiger partial charge < -0.3 is 25.8 Å². The van der Waals surface area contributed by atoms with Crippen LogP contribution in [0.25, 0.3) is 0 Å². The molecular weight excluding hydrogens is 419 g/mol. The molecule has 3 heterocycles. The summed E-state index contributed by atoms with van der Waals surface area (Å²) in [4.78, 5) is 25.2. The Morgan fingerprint density at radius 3 is 2.66 bits per heavy atom. The number of ether oxygens (including phenoxy) is 1. The summed E-state index contributed by atoms with van der Waals surface area (Å²) in [6, 6.07) is 6.81. The number of carboxylic acid groups (broad SMARTS) is 1. The molecule has 2 aromatic rings. The maximum Gasteiger partial charge on any atom is 0.407 e. The van der Waals surface area contributed by atoms with E-state index in [2.05, 4.69) is 16.5 Å². The molecule has 1 aromatic heterocycles. The number of benzene rings is 1. The maximum absolute atomic E-state index is 13.2. The number of piperidine rings is 1. The Labute approximate surface area is 183 Å². The van der Waals surface area contributed by atoms with Gasteiger partial charge in [-0.25, -0.2) is 9.18 Å². The van der Waals surface area contributed by atoms with E-state index in [1.165, 1.54) is 40.0 Å². The highest BCUT2D eigenvalue weighted by molar-refractivity contribution is 5.98. The molecule has 11 heteroatoms. The van der Waals surface area contributed by atoms with Gasteiger partial charge in [0, 0.05) is 31.0 Å². The lowest BCUT2D eigenvalue weighted by molar-refractivity contribution is 0.0351. The quantitative estimate of drug-likeness (QED) is 0.644. The fourth-order valence-corrected chi connectivity index (χ4v) is 4.58. The number of carbonyl (C=O) groups is 2. The number of halogens is 1. The summed E-state index contributed by atoms with van der Waals surface area (Å²) < 4.78 is 20.2. The van der Waals surface area contributed by atoms with Crippen molar-refractivity contribution < 1.29 is 23.8 Å². The van der Waals surface area contributed by atoms with Gasteiger partial charge in [0.15, 0.2) is 5.82 Å². The first-order valence-corrected chi connectivity index (χ1v) is 10.3. The topological polar surface area (TPSA) is 146 Å². The molecule has 2 saturated heterocycles. The Kier molecular flexibility index (Phi) is 5.96. The molecule has 10 nitrogen and oxygen atoms in total. The Hall–Kier alpha value is -3.65. The number of hydrogen-bond donors (Lipinski definition) is 3. The molecule has 2 aliphatic rings. The number of carbonyl (C=O) groups excluding carboxylic acids is 1. The largest absolute Gasteiger partial charge is 0.465 e. The molecular formula is C21H23FN6O4. The van der Waals surface area contributed by atoms with Gasteiger partial charge in [0.2, 0.25) is 0 Å². The van der Waals surface area contributed by atoms with Crippen molar-refractivity contribution >= 4 is 23.5 Å². The van der Waals surface area contributed by atoms with Gasteiger partial charge in [-0.1, -0.05) is 0 Å². The van der Waals surface area contributed by atoms with Crippen molar-refractivity contribution in [3.8, 4) is 6.07 Å². The second-order valence-electron chi connectivity index (χ2n) is 7.97. The number of nitriles is 1. The molecule has 4 N–H and O–H groups in total. The smallest absolute Gasteiger partial charge is 0.407 e. The zero-order valence-corrected chi connectivity index (χ0v) is 17.1. The molecule has 4 atom stereocenters. The fourth-order valence-electron chi connectivity index (χ4n) is 4.58. The van der Waals surface area contributed by atoms with Crippen molar-refractivity contribution in [2.75, 3.05) is 25.1 Å². The highest BCUT2D eigenvalue weighted by Gasteiger charge is 2.46. The van der Waals surface area contributed by atoms with E-state index in [1.807, 2.05) is 0 Å². The number of primary amides is 1. The SMILES string of the molecule is N#CC1C(C2CCOC2)N(C(=O)O)CCC1n1cc(C(N)=O)c(Nc2ccc(F)cc2)n1. The third kappa shape index (κ3) is 4.09. The lowest BCUT2D eigenvalue weighted by Crippen LogP contribution is -2.54. The van der Waals surface area contributed by atoms with Crippen LogP contribution in [-0.2, 0) is 4.74 Å². The van der Waals surface area contributed by atoms with Crippen molar-refractivity contribution in [2.45, 2.75) is 24.9 Å². The summed E-state index contributed by atoms with van der Waals surface area (Å²) >= 11 is 0. The van der Waals surface area contributed by atoms with E-state index in [4.69, 9.17) is 10.5 Å². The molecule has 168 valence electrons. The minimum absolute atomic E-state index is 0.0958. The monoisotopic (exact) mass is 442 g/mol. The van der Waals surface area contributed by atoms with Gasteiger partial charge in [-0.3, -0.25) is 9.48 Å². The zero-order chi connectivity index (χ0) is 22.8. The molecule has 2 amide bonds. The van der Waals surface area contributed by atoms with Gasteiger partial charge in [-0.05, 0) is 37.1 Å². The van der Waals surface area contributed by atoms with E-state index >= 15 is 0 Å². The molecule has 0 radical (unpaired) electrons. The van der Waals surface area contributed by atoms with Crippen LogP contribution in [0.3, 0.4) is 0 Å². The molecule has 0 saturated carbocycles. The normalized spacial score (nSPS) is 25.3. The maximum atomic E-state index is 13.2. The van der Waals surface area contributed by atoms with E-state index in [0.29, 0.717) is 31.7 Å². The predicted octanol–water partition coefficient (Wildman–Crippen LogP) is 2.33. The molecule has 4 unspecified atom stereocenters. The second-order valence-corrected chi connectivity index (χ2v) is 7.97. The first-order valence-electron chi connectivity index (χ1n) is 10.3. The van der Waals surface area contributed by atoms with Crippen LogP contribution in [0, 0.1) is 29.0 Å². The Balaban J connectivity index is 1.67. The molecule has 1 aromatic carbocycles. The number of nitrogens with zero attached hydrogens (tertiary/aromatic N) is 4. The number of aromatic nitrogens is 2. The van der Waals surface area contributed by atoms with E-state index in [0.717, 1.165) is 0 Å². The minimum Gasteiger partial charge on any atom is -0.465 e.